The van der Waals surface area contributed by atoms with Crippen molar-refractivity contribution in [3.8, 4) is 11.5 Å². The van der Waals surface area contributed by atoms with E-state index in [0.29, 0.717) is 23.8 Å². The second kappa shape index (κ2) is 15.9. The number of carbonyl (C=O) groups excluding carboxylic acids is 3. The molecule has 1 aromatic carbocycles. The van der Waals surface area contributed by atoms with E-state index in [4.69, 9.17) is 19.9 Å². The first-order chi connectivity index (χ1) is 19.8. The largest absolute Gasteiger partial charge is 0.506 e. The number of aliphatic hydroxyl groups is 1. The number of allylic oxidation sites excluding steroid dienone is 2. The maximum Gasteiger partial charge on any atom is 0.405 e. The van der Waals surface area contributed by atoms with E-state index in [1.54, 1.807) is 39.0 Å². The van der Waals surface area contributed by atoms with Crippen LogP contribution in [0, 0.1) is 11.8 Å². The lowest BCUT2D eigenvalue weighted by molar-refractivity contribution is -0.112. The van der Waals surface area contributed by atoms with Crippen molar-refractivity contribution in [1.29, 1.82) is 0 Å². The van der Waals surface area contributed by atoms with Crippen LogP contribution in [0.15, 0.2) is 41.5 Å². The van der Waals surface area contributed by atoms with Gasteiger partial charge in [-0.15, -0.1) is 0 Å². The number of aldehydes is 1. The molecule has 0 aromatic heterocycles. The fourth-order valence-electron chi connectivity index (χ4n) is 4.95. The number of amides is 2. The van der Waals surface area contributed by atoms with Gasteiger partial charge >= 0.3 is 6.09 Å². The highest BCUT2D eigenvalue weighted by molar-refractivity contribution is 6.05. The van der Waals surface area contributed by atoms with Crippen LogP contribution < -0.4 is 16.4 Å². The standard InChI is InChI=1S/C30H43N3O9/c1-16-12-20-25(32-10-11-34)22(35)15-21(27(20)37)33-29(38)17(2)8-7-9-23(40-5)28(42-30(31)39)19(4)14-18(3)26(36)24(13-16)41-6/h7-9,11,14-16,18,23-24,26,28,32,35-37H,10,12-13H2,1-6H3,(H2,31,39)(H,33,38)/t16-,18+,23+,24+,26-,28+/m1/s1. The molecule has 0 saturated carbocycles. The summed E-state index contributed by atoms with van der Waals surface area (Å²) in [6, 6.07) is 1.20. The fraction of sp³-hybridized carbons (Fsp3) is 0.500. The van der Waals surface area contributed by atoms with Crippen LogP contribution in [0.2, 0.25) is 0 Å². The molecule has 7 N–H and O–H groups in total. The number of methoxy groups -OCH3 is 2. The number of phenolic OH excluding ortho intramolecular Hbond substituents is 2. The van der Waals surface area contributed by atoms with Gasteiger partial charge in [-0.25, -0.2) is 4.79 Å². The molecule has 0 aliphatic carbocycles. The summed E-state index contributed by atoms with van der Waals surface area (Å²) in [5, 5.41) is 38.6. The van der Waals surface area contributed by atoms with E-state index in [0.717, 1.165) is 0 Å². The molecular weight excluding hydrogens is 546 g/mol. The van der Waals surface area contributed by atoms with E-state index in [9.17, 15) is 29.7 Å². The summed E-state index contributed by atoms with van der Waals surface area (Å²) in [6.45, 7) is 6.86. The predicted octanol–water partition coefficient (Wildman–Crippen LogP) is 3.17. The molecule has 2 amide bonds. The second-order valence-corrected chi connectivity index (χ2v) is 10.5. The third-order valence-electron chi connectivity index (χ3n) is 7.19. The first kappa shape index (κ1) is 34.3. The number of rotatable bonds is 6. The molecule has 0 radical (unpaired) electrons. The smallest absolute Gasteiger partial charge is 0.405 e. The lowest BCUT2D eigenvalue weighted by Crippen LogP contribution is -2.37. The van der Waals surface area contributed by atoms with Crippen molar-refractivity contribution in [2.75, 3.05) is 31.4 Å². The van der Waals surface area contributed by atoms with E-state index >= 15 is 0 Å². The Balaban J connectivity index is 2.67. The number of fused-ring (bicyclic) bond motifs is 2. The van der Waals surface area contributed by atoms with Crippen LogP contribution in [-0.2, 0) is 30.2 Å². The summed E-state index contributed by atoms with van der Waals surface area (Å²) in [5.41, 5.74) is 6.61. The van der Waals surface area contributed by atoms with Crippen molar-refractivity contribution >= 4 is 29.7 Å². The SMILES string of the molecule is CO[C@H]1C=CC=C(C)C(=O)Nc2cc(O)c(NCC=O)c(c2O)C[C@@H](C)C[C@H](OC)[C@H](O)[C@@H](C)C=C(C)[C@@H]1OC(N)=O. The lowest BCUT2D eigenvalue weighted by atomic mass is 9.87. The highest BCUT2D eigenvalue weighted by atomic mass is 16.6. The number of nitrogens with one attached hydrogen (secondary N) is 2. The number of benzene rings is 1. The highest BCUT2D eigenvalue weighted by Crippen LogP contribution is 2.42. The van der Waals surface area contributed by atoms with Crippen LogP contribution in [0.5, 0.6) is 11.5 Å². The quantitative estimate of drug-likeness (QED) is 0.124. The topological polar surface area (TPSA) is 190 Å². The molecule has 1 heterocycles. The molecule has 2 rings (SSSR count). The van der Waals surface area contributed by atoms with Gasteiger partial charge in [0.05, 0.1) is 30.1 Å². The van der Waals surface area contributed by atoms with E-state index < -0.39 is 42.3 Å². The summed E-state index contributed by atoms with van der Waals surface area (Å²) in [5.74, 6) is -1.73. The zero-order chi connectivity index (χ0) is 31.6. The van der Waals surface area contributed by atoms with Crippen molar-refractivity contribution in [2.24, 2.45) is 17.6 Å². The van der Waals surface area contributed by atoms with Gasteiger partial charge in [-0.05, 0) is 38.2 Å². The molecule has 0 spiro atoms. The van der Waals surface area contributed by atoms with Gasteiger partial charge < -0.3 is 50.7 Å². The Kier molecular flexibility index (Phi) is 13.0. The highest BCUT2D eigenvalue weighted by Gasteiger charge is 2.30. The first-order valence-electron chi connectivity index (χ1n) is 13.6. The van der Waals surface area contributed by atoms with Gasteiger partial charge in [-0.3, -0.25) is 4.79 Å². The van der Waals surface area contributed by atoms with Crippen LogP contribution >= 0.6 is 0 Å². The molecule has 12 heteroatoms. The number of phenols is 2. The molecular formula is C30H43N3O9. The van der Waals surface area contributed by atoms with Crippen molar-refractivity contribution in [1.82, 2.24) is 0 Å². The Morgan fingerprint density at radius 1 is 1.21 bits per heavy atom. The molecule has 0 unspecified atom stereocenters. The summed E-state index contributed by atoms with van der Waals surface area (Å²) >= 11 is 0. The Bertz CT molecular complexity index is 1210. The van der Waals surface area contributed by atoms with E-state index in [2.05, 4.69) is 10.6 Å². The molecule has 42 heavy (non-hydrogen) atoms. The molecule has 6 atom stereocenters. The minimum Gasteiger partial charge on any atom is -0.506 e. The van der Waals surface area contributed by atoms with Gasteiger partial charge in [0.25, 0.3) is 5.91 Å². The van der Waals surface area contributed by atoms with Gasteiger partial charge in [0.1, 0.15) is 23.9 Å². The Morgan fingerprint density at radius 2 is 1.90 bits per heavy atom. The van der Waals surface area contributed by atoms with Crippen LogP contribution in [0.4, 0.5) is 16.2 Å². The Morgan fingerprint density at radius 3 is 2.50 bits per heavy atom. The summed E-state index contributed by atoms with van der Waals surface area (Å²) in [6.07, 6.45) is 3.29. The normalized spacial score (nSPS) is 26.0. The maximum absolute atomic E-state index is 13.0. The van der Waals surface area contributed by atoms with Gasteiger partial charge in [0.2, 0.25) is 0 Å². The third-order valence-corrected chi connectivity index (χ3v) is 7.19. The predicted molar refractivity (Wildman–Crippen MR) is 158 cm³/mol. The number of ether oxygens (including phenoxy) is 3. The summed E-state index contributed by atoms with van der Waals surface area (Å²) < 4.78 is 16.5. The van der Waals surface area contributed by atoms with Gasteiger partial charge in [-0.2, -0.15) is 0 Å². The van der Waals surface area contributed by atoms with E-state index in [1.807, 2.05) is 6.92 Å². The number of carbonyl (C=O) groups is 3. The van der Waals surface area contributed by atoms with Gasteiger partial charge in [0.15, 0.2) is 6.10 Å². The number of nitrogens with two attached hydrogens (primary N) is 1. The minimum atomic E-state index is -1.00. The van der Waals surface area contributed by atoms with Crippen LogP contribution in [-0.4, -0.2) is 78.8 Å². The summed E-state index contributed by atoms with van der Waals surface area (Å²) in [4.78, 5) is 35.7. The zero-order valence-corrected chi connectivity index (χ0v) is 24.9. The van der Waals surface area contributed by atoms with Crippen LogP contribution in [0.25, 0.3) is 0 Å². The van der Waals surface area contributed by atoms with Gasteiger partial charge in [0, 0.05) is 37.3 Å². The summed E-state index contributed by atoms with van der Waals surface area (Å²) in [7, 11) is 2.91. The van der Waals surface area contributed by atoms with Crippen molar-refractivity contribution in [2.45, 2.75) is 65.0 Å². The first-order valence-corrected chi connectivity index (χ1v) is 13.6. The molecule has 232 valence electrons. The van der Waals surface area contributed by atoms with Crippen LogP contribution in [0.1, 0.15) is 39.7 Å². The number of primary amides is 1. The molecule has 1 aromatic rings. The van der Waals surface area contributed by atoms with Gasteiger partial charge in [-0.1, -0.05) is 38.2 Å². The molecule has 0 saturated heterocycles. The number of anilines is 2. The van der Waals surface area contributed by atoms with E-state index in [-0.39, 0.29) is 47.3 Å². The Hall–Kier alpha value is -3.87. The monoisotopic (exact) mass is 589 g/mol. The minimum absolute atomic E-state index is 0.0209. The van der Waals surface area contributed by atoms with Crippen molar-refractivity contribution < 1.29 is 43.9 Å². The number of hydrogen-bond donors (Lipinski definition) is 6. The molecule has 0 fully saturated rings. The fourth-order valence-corrected chi connectivity index (χ4v) is 4.95. The number of hydrogen-bond acceptors (Lipinski definition) is 10. The Labute approximate surface area is 246 Å². The third kappa shape index (κ3) is 9.07. The van der Waals surface area contributed by atoms with Crippen molar-refractivity contribution in [3.05, 3.63) is 47.1 Å². The zero-order valence-electron chi connectivity index (χ0n) is 24.9. The van der Waals surface area contributed by atoms with Crippen molar-refractivity contribution in [3.63, 3.8) is 0 Å². The lowest BCUT2D eigenvalue weighted by Gasteiger charge is -2.29. The maximum atomic E-state index is 13.0. The second-order valence-electron chi connectivity index (χ2n) is 10.5. The number of aromatic hydroxyl groups is 2. The number of aliphatic hydroxyl groups excluding tert-OH is 1. The van der Waals surface area contributed by atoms with Crippen LogP contribution in [0.3, 0.4) is 0 Å². The molecule has 2 bridgehead atoms. The molecule has 1 aliphatic rings. The van der Waals surface area contributed by atoms with E-state index in [1.165, 1.54) is 26.4 Å². The molecule has 12 nitrogen and oxygen atoms in total. The average molecular weight is 590 g/mol. The average Bonchev–Trinajstić information content (AvgIpc) is 2.94. The molecule has 1 aliphatic heterocycles.